The Morgan fingerprint density at radius 3 is 2.73 bits per heavy atom. The summed E-state index contributed by atoms with van der Waals surface area (Å²) < 4.78 is 1.74. The first kappa shape index (κ1) is 19.1. The van der Waals surface area contributed by atoms with E-state index >= 15 is 0 Å². The van der Waals surface area contributed by atoms with Gasteiger partial charge in [-0.3, -0.25) is 9.78 Å². The number of aromatic nitrogens is 4. The quantitative estimate of drug-likeness (QED) is 0.449. The van der Waals surface area contributed by atoms with Crippen molar-refractivity contribution < 1.29 is 9.59 Å². The summed E-state index contributed by atoms with van der Waals surface area (Å²) in [7, 11) is 1.79. The predicted octanol–water partition coefficient (Wildman–Crippen LogP) is 2.64. The van der Waals surface area contributed by atoms with E-state index in [9.17, 15) is 9.59 Å². The van der Waals surface area contributed by atoms with E-state index < -0.39 is 6.03 Å². The molecule has 4 rings (SSSR count). The number of urea groups is 1. The number of nitrogens with one attached hydrogen (secondary N) is 1. The molecule has 150 valence electrons. The molecule has 0 aliphatic carbocycles. The molecule has 0 fully saturated rings. The predicted molar refractivity (Wildman–Crippen MR) is 114 cm³/mol. The van der Waals surface area contributed by atoms with Crippen LogP contribution in [0, 0.1) is 6.92 Å². The molecule has 5 N–H and O–H groups in total. The standard InChI is InChI=1S/C21H19N7O2/c1-11-14(4-3-5-16(11)27-21(23)30)12-6-13(8-24-7-12)18(29)15-9-28(2)20-17(15)19(22)25-10-26-20/h3-10H,1-2H3,(H2,22,25,26)(H3,23,27,30). The van der Waals surface area contributed by atoms with Gasteiger partial charge in [0.05, 0.1) is 10.9 Å². The van der Waals surface area contributed by atoms with Crippen molar-refractivity contribution in [2.24, 2.45) is 12.8 Å². The lowest BCUT2D eigenvalue weighted by atomic mass is 9.97. The average molecular weight is 401 g/mol. The molecule has 1 aromatic carbocycles. The Morgan fingerprint density at radius 1 is 1.17 bits per heavy atom. The number of carbonyl (C=O) groups excluding carboxylic acids is 2. The van der Waals surface area contributed by atoms with Crippen molar-refractivity contribution in [2.45, 2.75) is 6.92 Å². The summed E-state index contributed by atoms with van der Waals surface area (Å²) in [6.07, 6.45) is 6.22. The minimum absolute atomic E-state index is 0.236. The highest BCUT2D eigenvalue weighted by Crippen LogP contribution is 2.30. The van der Waals surface area contributed by atoms with Crippen LogP contribution in [0.15, 0.2) is 49.2 Å². The van der Waals surface area contributed by atoms with Crippen molar-refractivity contribution in [3.8, 4) is 11.1 Å². The van der Waals surface area contributed by atoms with Gasteiger partial charge < -0.3 is 21.4 Å². The maximum Gasteiger partial charge on any atom is 0.316 e. The second-order valence-corrected chi connectivity index (χ2v) is 6.87. The van der Waals surface area contributed by atoms with Crippen molar-refractivity contribution in [2.75, 3.05) is 11.1 Å². The highest BCUT2D eigenvalue weighted by molar-refractivity contribution is 6.18. The van der Waals surface area contributed by atoms with Gasteiger partial charge in [-0.25, -0.2) is 14.8 Å². The van der Waals surface area contributed by atoms with Gasteiger partial charge in [0, 0.05) is 42.5 Å². The van der Waals surface area contributed by atoms with Crippen molar-refractivity contribution in [3.63, 3.8) is 0 Å². The number of ketones is 1. The van der Waals surface area contributed by atoms with Crippen LogP contribution in [-0.4, -0.2) is 31.3 Å². The van der Waals surface area contributed by atoms with E-state index in [-0.39, 0.29) is 11.6 Å². The third kappa shape index (κ3) is 3.22. The zero-order valence-electron chi connectivity index (χ0n) is 16.4. The molecule has 0 saturated carbocycles. The van der Waals surface area contributed by atoms with Crippen LogP contribution >= 0.6 is 0 Å². The number of nitrogens with zero attached hydrogens (tertiary/aromatic N) is 4. The first-order chi connectivity index (χ1) is 14.4. The van der Waals surface area contributed by atoms with Crippen LogP contribution in [-0.2, 0) is 7.05 Å². The van der Waals surface area contributed by atoms with Crippen LogP contribution in [0.1, 0.15) is 21.5 Å². The SMILES string of the molecule is Cc1c(NC(N)=O)cccc1-c1cncc(C(=O)c2cn(C)c3ncnc(N)c23)c1. The van der Waals surface area contributed by atoms with Crippen LogP contribution < -0.4 is 16.8 Å². The largest absolute Gasteiger partial charge is 0.383 e. The Hall–Kier alpha value is -4.27. The van der Waals surface area contributed by atoms with E-state index in [1.165, 1.54) is 12.5 Å². The molecule has 0 atom stereocenters. The molecule has 9 heteroatoms. The fourth-order valence-corrected chi connectivity index (χ4v) is 3.49. The fourth-order valence-electron chi connectivity index (χ4n) is 3.49. The minimum atomic E-state index is -0.645. The van der Waals surface area contributed by atoms with Crippen molar-refractivity contribution >= 4 is 34.4 Å². The maximum atomic E-state index is 13.3. The maximum absolute atomic E-state index is 13.3. The Kier molecular flexibility index (Phi) is 4.63. The molecule has 0 aliphatic rings. The average Bonchev–Trinajstić information content (AvgIpc) is 3.07. The first-order valence-electron chi connectivity index (χ1n) is 9.08. The number of anilines is 2. The molecule has 0 unspecified atom stereocenters. The molecule has 0 bridgehead atoms. The zero-order valence-corrected chi connectivity index (χ0v) is 16.4. The van der Waals surface area contributed by atoms with Gasteiger partial charge in [0.1, 0.15) is 17.8 Å². The molecule has 0 radical (unpaired) electrons. The minimum Gasteiger partial charge on any atom is -0.383 e. The molecule has 3 aromatic heterocycles. The summed E-state index contributed by atoms with van der Waals surface area (Å²) in [4.78, 5) is 37.0. The van der Waals surface area contributed by atoms with E-state index in [2.05, 4.69) is 20.3 Å². The molecule has 4 aromatic rings. The molecule has 30 heavy (non-hydrogen) atoms. The number of rotatable bonds is 4. The van der Waals surface area contributed by atoms with E-state index in [4.69, 9.17) is 11.5 Å². The Bertz CT molecular complexity index is 1310. The first-order valence-corrected chi connectivity index (χ1v) is 9.08. The summed E-state index contributed by atoms with van der Waals surface area (Å²) in [5, 5.41) is 3.11. The van der Waals surface area contributed by atoms with Crippen molar-refractivity contribution in [3.05, 3.63) is 65.9 Å². The number of aryl methyl sites for hydroxylation is 1. The molecule has 9 nitrogen and oxygen atoms in total. The third-order valence-electron chi connectivity index (χ3n) is 4.93. The summed E-state index contributed by atoms with van der Waals surface area (Å²) in [6, 6.07) is 6.55. The lowest BCUT2D eigenvalue weighted by molar-refractivity contribution is 0.103. The molecular weight excluding hydrogens is 382 g/mol. The van der Waals surface area contributed by atoms with Gasteiger partial charge in [-0.2, -0.15) is 0 Å². The van der Waals surface area contributed by atoms with Crippen LogP contribution in [0.25, 0.3) is 22.2 Å². The van der Waals surface area contributed by atoms with Crippen LogP contribution in [0.2, 0.25) is 0 Å². The second kappa shape index (κ2) is 7.28. The summed E-state index contributed by atoms with van der Waals surface area (Å²) in [5.74, 6) is 0.00894. The molecule has 3 heterocycles. The lowest BCUT2D eigenvalue weighted by Gasteiger charge is -2.12. The number of nitrogen functional groups attached to an aromatic ring is 1. The van der Waals surface area contributed by atoms with E-state index in [0.717, 1.165) is 16.7 Å². The van der Waals surface area contributed by atoms with Gasteiger partial charge in [0.25, 0.3) is 0 Å². The Morgan fingerprint density at radius 2 is 1.97 bits per heavy atom. The summed E-state index contributed by atoms with van der Waals surface area (Å²) >= 11 is 0. The van der Waals surface area contributed by atoms with Crippen LogP contribution in [0.5, 0.6) is 0 Å². The van der Waals surface area contributed by atoms with E-state index in [1.54, 1.807) is 42.2 Å². The second-order valence-electron chi connectivity index (χ2n) is 6.87. The monoisotopic (exact) mass is 401 g/mol. The summed E-state index contributed by atoms with van der Waals surface area (Å²) in [6.45, 7) is 1.86. The molecule has 0 spiro atoms. The summed E-state index contributed by atoms with van der Waals surface area (Å²) in [5.41, 5.74) is 15.6. The third-order valence-corrected chi connectivity index (χ3v) is 4.93. The number of hydrogen-bond acceptors (Lipinski definition) is 6. The van der Waals surface area contributed by atoms with E-state index in [0.29, 0.717) is 27.8 Å². The van der Waals surface area contributed by atoms with Gasteiger partial charge in [0.15, 0.2) is 5.78 Å². The smallest absolute Gasteiger partial charge is 0.316 e. The Labute approximate surface area is 171 Å². The number of benzene rings is 1. The van der Waals surface area contributed by atoms with Gasteiger partial charge in [-0.05, 0) is 30.2 Å². The molecule has 2 amide bonds. The highest BCUT2D eigenvalue weighted by atomic mass is 16.2. The van der Waals surface area contributed by atoms with Crippen LogP contribution in [0.4, 0.5) is 16.3 Å². The fraction of sp³-hybridized carbons (Fsp3) is 0.0952. The van der Waals surface area contributed by atoms with Crippen molar-refractivity contribution in [1.82, 2.24) is 19.5 Å². The van der Waals surface area contributed by atoms with E-state index in [1.807, 2.05) is 13.0 Å². The normalized spacial score (nSPS) is 10.9. The van der Waals surface area contributed by atoms with Gasteiger partial charge in [0.2, 0.25) is 0 Å². The van der Waals surface area contributed by atoms with Gasteiger partial charge >= 0.3 is 6.03 Å². The lowest BCUT2D eigenvalue weighted by Crippen LogP contribution is -2.19. The molecular formula is C21H19N7O2. The molecule has 0 saturated heterocycles. The number of amides is 2. The number of fused-ring (bicyclic) bond motifs is 1. The molecule has 0 aliphatic heterocycles. The van der Waals surface area contributed by atoms with Gasteiger partial charge in [-0.15, -0.1) is 0 Å². The van der Waals surface area contributed by atoms with Crippen LogP contribution in [0.3, 0.4) is 0 Å². The zero-order chi connectivity index (χ0) is 21.4. The topological polar surface area (TPSA) is 142 Å². The number of primary amides is 1. The number of pyridine rings is 1. The number of carbonyl (C=O) groups is 2. The highest BCUT2D eigenvalue weighted by Gasteiger charge is 2.20. The van der Waals surface area contributed by atoms with Gasteiger partial charge in [-0.1, -0.05) is 12.1 Å². The number of hydrogen-bond donors (Lipinski definition) is 3. The van der Waals surface area contributed by atoms with Crippen molar-refractivity contribution in [1.29, 1.82) is 0 Å². The Balaban J connectivity index is 1.79. The number of nitrogens with two attached hydrogens (primary N) is 2.